The summed E-state index contributed by atoms with van der Waals surface area (Å²) in [7, 11) is 0. The summed E-state index contributed by atoms with van der Waals surface area (Å²) in [6.45, 7) is 2.79. The summed E-state index contributed by atoms with van der Waals surface area (Å²) in [5, 5.41) is 86.7. The first-order valence-electron chi connectivity index (χ1n) is 25.9. The van der Waals surface area contributed by atoms with Crippen LogP contribution in [0.25, 0.3) is 0 Å². The number of amides is 1. The lowest BCUT2D eigenvalue weighted by atomic mass is 9.97. The number of aliphatic hydroxyl groups excluding tert-OH is 8. The first kappa shape index (κ1) is 58.9. The van der Waals surface area contributed by atoms with Gasteiger partial charge in [0.1, 0.15) is 48.8 Å². The van der Waals surface area contributed by atoms with Gasteiger partial charge >= 0.3 is 0 Å². The fourth-order valence-corrected chi connectivity index (χ4v) is 8.70. The van der Waals surface area contributed by atoms with E-state index in [4.69, 9.17) is 18.9 Å². The zero-order chi connectivity index (χ0) is 46.8. The van der Waals surface area contributed by atoms with Crippen molar-refractivity contribution in [2.24, 2.45) is 0 Å². The van der Waals surface area contributed by atoms with E-state index in [0.29, 0.717) is 6.42 Å². The Labute approximate surface area is 386 Å². The molecule has 1 amide bonds. The minimum absolute atomic E-state index is 0.237. The van der Waals surface area contributed by atoms with Gasteiger partial charge in [0.25, 0.3) is 0 Å². The van der Waals surface area contributed by atoms with Crippen molar-refractivity contribution in [3.05, 3.63) is 12.2 Å². The third-order valence-electron chi connectivity index (χ3n) is 13.0. The van der Waals surface area contributed by atoms with E-state index in [0.717, 1.165) is 38.5 Å². The van der Waals surface area contributed by atoms with Crippen LogP contribution in [0.15, 0.2) is 12.2 Å². The number of ether oxygens (including phenoxy) is 4. The van der Waals surface area contributed by atoms with Gasteiger partial charge in [0.2, 0.25) is 5.91 Å². The molecular weight excluding hydrogens is 823 g/mol. The molecule has 0 aliphatic carbocycles. The monoisotopic (exact) mass is 918 g/mol. The normalized spacial score (nSPS) is 27.3. The Bertz CT molecular complexity index is 1130. The van der Waals surface area contributed by atoms with E-state index in [1.165, 1.54) is 141 Å². The maximum atomic E-state index is 13.2. The number of nitrogens with one attached hydrogen (secondary N) is 1. The minimum atomic E-state index is -1.78. The molecule has 0 aromatic rings. The molecule has 0 bridgehead atoms. The lowest BCUT2D eigenvalue weighted by Gasteiger charge is -2.46. The number of aliphatic hydroxyl groups is 8. The van der Waals surface area contributed by atoms with E-state index < -0.39 is 86.8 Å². The van der Waals surface area contributed by atoms with Crippen LogP contribution in [0.1, 0.15) is 206 Å². The molecule has 14 nitrogen and oxygen atoms in total. The Morgan fingerprint density at radius 3 is 1.44 bits per heavy atom. The van der Waals surface area contributed by atoms with Gasteiger partial charge in [-0.3, -0.25) is 4.79 Å². The Kier molecular flexibility index (Phi) is 34.7. The van der Waals surface area contributed by atoms with Gasteiger partial charge in [-0.15, -0.1) is 0 Å². The van der Waals surface area contributed by atoms with Crippen LogP contribution in [0.3, 0.4) is 0 Å². The fraction of sp³-hybridized carbons (Fsp3) is 0.940. The summed E-state index contributed by atoms with van der Waals surface area (Å²) in [6.07, 6.45) is 22.5. The van der Waals surface area contributed by atoms with E-state index in [-0.39, 0.29) is 18.9 Å². The average Bonchev–Trinajstić information content (AvgIpc) is 3.29. The van der Waals surface area contributed by atoms with Gasteiger partial charge in [0, 0.05) is 6.42 Å². The maximum Gasteiger partial charge on any atom is 0.220 e. The molecule has 2 aliphatic heterocycles. The van der Waals surface area contributed by atoms with Gasteiger partial charge < -0.3 is 65.1 Å². The predicted octanol–water partition coefficient (Wildman–Crippen LogP) is 6.77. The second-order valence-electron chi connectivity index (χ2n) is 18.7. The third kappa shape index (κ3) is 24.7. The molecule has 2 saturated heterocycles. The van der Waals surface area contributed by atoms with Crippen LogP contribution in [-0.4, -0.2) is 140 Å². The number of hydrogen-bond acceptors (Lipinski definition) is 13. The Hall–Kier alpha value is -1.27. The van der Waals surface area contributed by atoms with E-state index >= 15 is 0 Å². The second kappa shape index (κ2) is 37.7. The van der Waals surface area contributed by atoms with Crippen LogP contribution in [-0.2, 0) is 23.7 Å². The summed E-state index contributed by atoms with van der Waals surface area (Å²) in [4.78, 5) is 13.2. The number of carbonyl (C=O) groups excluding carboxylic acids is 1. The van der Waals surface area contributed by atoms with E-state index in [9.17, 15) is 45.6 Å². The van der Waals surface area contributed by atoms with E-state index in [1.807, 2.05) is 6.08 Å². The zero-order valence-corrected chi connectivity index (χ0v) is 40.0. The number of hydrogen-bond donors (Lipinski definition) is 9. The van der Waals surface area contributed by atoms with Gasteiger partial charge in [-0.1, -0.05) is 193 Å². The minimum Gasteiger partial charge on any atom is -0.394 e. The van der Waals surface area contributed by atoms with E-state index in [2.05, 4.69) is 19.2 Å². The van der Waals surface area contributed by atoms with Crippen molar-refractivity contribution in [3.8, 4) is 0 Å². The molecule has 64 heavy (non-hydrogen) atoms. The first-order valence-corrected chi connectivity index (χ1v) is 25.9. The standard InChI is InChI=1S/C50H95NO13/c1-3-5-7-9-11-13-15-17-18-19-20-22-24-26-28-30-32-34-42(55)51-38(39(54)33-31-29-27-25-23-21-16-14-12-10-8-6-4-2)37-61-49-47(60)45(58)48(41(36-53)63-49)64-50-46(59)44(57)43(56)40(35-52)62-50/h31,33,38-41,43-50,52-54,56-60H,3-30,32,34-37H2,1-2H3,(H,51,55)/b33-31+/t38-,39+,40?,41?,43-,44-,45+,46?,47?,48+,49+,50-/m0/s1. The molecule has 2 fully saturated rings. The number of carbonyl (C=O) groups is 1. The van der Waals surface area contributed by atoms with Gasteiger partial charge in [-0.05, 0) is 19.3 Å². The molecule has 9 N–H and O–H groups in total. The van der Waals surface area contributed by atoms with Crippen molar-refractivity contribution in [1.29, 1.82) is 0 Å². The lowest BCUT2D eigenvalue weighted by Crippen LogP contribution is -2.65. The SMILES string of the molecule is CCCCCCCCCCCCC/C=C/[C@@H](O)[C@H](CO[C@@H]1OC(CO)[C@@H](O[C@@H]2OC(CO)[C@H](O)[C@H](O)C2O)[C@H](O)C1O)NC(=O)CCCCCCCCCCCCCCCCCCC. The summed E-state index contributed by atoms with van der Waals surface area (Å²) in [5.41, 5.74) is 0. The van der Waals surface area contributed by atoms with Crippen molar-refractivity contribution in [2.75, 3.05) is 19.8 Å². The van der Waals surface area contributed by atoms with Gasteiger partial charge in [0.15, 0.2) is 12.6 Å². The van der Waals surface area contributed by atoms with Crippen molar-refractivity contribution in [3.63, 3.8) is 0 Å². The van der Waals surface area contributed by atoms with Crippen molar-refractivity contribution < 1.29 is 64.6 Å². The number of allylic oxidation sites excluding steroid dienone is 1. The molecule has 0 spiro atoms. The molecule has 2 rings (SSSR count). The van der Waals surface area contributed by atoms with Gasteiger partial charge in [-0.2, -0.15) is 0 Å². The summed E-state index contributed by atoms with van der Waals surface area (Å²) < 4.78 is 22.7. The quantitative estimate of drug-likeness (QED) is 0.0229. The van der Waals surface area contributed by atoms with Crippen molar-refractivity contribution >= 4 is 5.91 Å². The van der Waals surface area contributed by atoms with Crippen LogP contribution in [0, 0.1) is 0 Å². The number of rotatable bonds is 40. The molecule has 12 atom stereocenters. The topological polar surface area (TPSA) is 228 Å². The Morgan fingerprint density at radius 2 is 0.969 bits per heavy atom. The van der Waals surface area contributed by atoms with Gasteiger partial charge in [-0.25, -0.2) is 0 Å². The highest BCUT2D eigenvalue weighted by Gasteiger charge is 2.51. The van der Waals surface area contributed by atoms with Crippen LogP contribution in [0.2, 0.25) is 0 Å². The molecule has 0 aromatic heterocycles. The van der Waals surface area contributed by atoms with Crippen LogP contribution in [0.5, 0.6) is 0 Å². The van der Waals surface area contributed by atoms with Crippen LogP contribution in [0.4, 0.5) is 0 Å². The van der Waals surface area contributed by atoms with Crippen LogP contribution < -0.4 is 5.32 Å². The maximum absolute atomic E-state index is 13.2. The lowest BCUT2D eigenvalue weighted by molar-refractivity contribution is -0.359. The predicted molar refractivity (Wildman–Crippen MR) is 249 cm³/mol. The average molecular weight is 918 g/mol. The fourth-order valence-electron chi connectivity index (χ4n) is 8.70. The molecule has 0 aromatic carbocycles. The summed E-state index contributed by atoms with van der Waals surface area (Å²) >= 11 is 0. The third-order valence-corrected chi connectivity index (χ3v) is 13.0. The molecule has 0 saturated carbocycles. The van der Waals surface area contributed by atoms with Gasteiger partial charge in [0.05, 0.1) is 32.0 Å². The highest BCUT2D eigenvalue weighted by Crippen LogP contribution is 2.30. The molecule has 14 heteroatoms. The van der Waals surface area contributed by atoms with Crippen molar-refractivity contribution in [1.82, 2.24) is 5.32 Å². The molecule has 4 unspecified atom stereocenters. The number of unbranched alkanes of at least 4 members (excludes halogenated alkanes) is 27. The molecule has 2 heterocycles. The largest absolute Gasteiger partial charge is 0.394 e. The second-order valence-corrected chi connectivity index (χ2v) is 18.7. The summed E-state index contributed by atoms with van der Waals surface area (Å²) in [6, 6.07) is -0.907. The Morgan fingerprint density at radius 1 is 0.547 bits per heavy atom. The molecule has 378 valence electrons. The highest BCUT2D eigenvalue weighted by molar-refractivity contribution is 5.76. The van der Waals surface area contributed by atoms with E-state index in [1.54, 1.807) is 6.08 Å². The summed E-state index contributed by atoms with van der Waals surface area (Å²) in [5.74, 6) is -0.237. The smallest absolute Gasteiger partial charge is 0.220 e. The first-order chi connectivity index (χ1) is 31.1. The van der Waals surface area contributed by atoms with Crippen LogP contribution >= 0.6 is 0 Å². The zero-order valence-electron chi connectivity index (χ0n) is 40.0. The Balaban J connectivity index is 1.83. The molecular formula is C50H95NO13. The van der Waals surface area contributed by atoms with Crippen molar-refractivity contribution in [2.45, 2.75) is 280 Å². The molecule has 0 radical (unpaired) electrons. The highest BCUT2D eigenvalue weighted by atomic mass is 16.7. The molecule has 2 aliphatic rings.